The zero-order valence-electron chi connectivity index (χ0n) is 10.3. The van der Waals surface area contributed by atoms with Gasteiger partial charge in [-0.15, -0.1) is 0 Å². The third-order valence-corrected chi connectivity index (χ3v) is 2.42. The van der Waals surface area contributed by atoms with Gasteiger partial charge in [0.2, 0.25) is 0 Å². The molecule has 0 saturated carbocycles. The van der Waals surface area contributed by atoms with E-state index in [0.717, 1.165) is 5.75 Å². The first-order chi connectivity index (χ1) is 9.28. The van der Waals surface area contributed by atoms with Crippen LogP contribution in [0.5, 0.6) is 5.75 Å². The molecule has 1 aromatic carbocycles. The quantitative estimate of drug-likeness (QED) is 0.630. The summed E-state index contributed by atoms with van der Waals surface area (Å²) in [6.45, 7) is 1.11. The molecule has 0 unspecified atom stereocenters. The topological polar surface area (TPSA) is 84.0 Å². The maximum Gasteiger partial charge on any atom is 0.142 e. The van der Waals surface area contributed by atoms with E-state index < -0.39 is 0 Å². The summed E-state index contributed by atoms with van der Waals surface area (Å²) in [5, 5.41) is 11.8. The number of benzene rings is 1. The second kappa shape index (κ2) is 6.26. The van der Waals surface area contributed by atoms with Crippen molar-refractivity contribution in [3.63, 3.8) is 0 Å². The van der Waals surface area contributed by atoms with E-state index in [0.29, 0.717) is 30.4 Å². The molecule has 1 aromatic heterocycles. The van der Waals surface area contributed by atoms with E-state index in [9.17, 15) is 0 Å². The van der Waals surface area contributed by atoms with Crippen LogP contribution in [0, 0.1) is 11.3 Å². The lowest BCUT2D eigenvalue weighted by Crippen LogP contribution is -2.12. The Kier molecular flexibility index (Phi) is 4.19. The van der Waals surface area contributed by atoms with Crippen LogP contribution in [-0.2, 0) is 0 Å². The van der Waals surface area contributed by atoms with Crippen molar-refractivity contribution in [1.82, 2.24) is 4.98 Å². The second-order valence-electron chi connectivity index (χ2n) is 3.86. The van der Waals surface area contributed by atoms with Gasteiger partial charge in [-0.25, -0.2) is 4.98 Å². The molecular weight excluding hydrogens is 240 g/mol. The number of rotatable bonds is 5. The summed E-state index contributed by atoms with van der Waals surface area (Å²) in [7, 11) is 0. The van der Waals surface area contributed by atoms with Gasteiger partial charge in [0.1, 0.15) is 29.9 Å². The number of ether oxygens (including phenoxy) is 1. The van der Waals surface area contributed by atoms with Crippen LogP contribution in [0.4, 0.5) is 11.5 Å². The Labute approximate surface area is 111 Å². The van der Waals surface area contributed by atoms with Gasteiger partial charge in [0, 0.05) is 5.69 Å². The molecule has 0 bridgehead atoms. The zero-order valence-corrected chi connectivity index (χ0v) is 10.3. The molecule has 0 aliphatic heterocycles. The molecule has 1 heterocycles. The molecule has 0 spiro atoms. The molecule has 5 heteroatoms. The summed E-state index contributed by atoms with van der Waals surface area (Å²) in [6, 6.07) is 14.5. The van der Waals surface area contributed by atoms with Crippen LogP contribution in [0.15, 0.2) is 42.5 Å². The Morgan fingerprint density at radius 3 is 2.74 bits per heavy atom. The van der Waals surface area contributed by atoms with Crippen molar-refractivity contribution in [1.29, 1.82) is 5.26 Å². The number of nitrogens with one attached hydrogen (secondary N) is 1. The number of nitrogen functional groups attached to an aromatic ring is 1. The van der Waals surface area contributed by atoms with Gasteiger partial charge in [-0.3, -0.25) is 0 Å². The Balaban J connectivity index is 1.77. The van der Waals surface area contributed by atoms with E-state index >= 15 is 0 Å². The SMILES string of the molecule is N#Cc1cccc(NCCOc2ccc(N)cc2)n1. The first-order valence-corrected chi connectivity index (χ1v) is 5.87. The molecule has 0 radical (unpaired) electrons. The fourth-order valence-electron chi connectivity index (χ4n) is 1.51. The number of nitrogens with zero attached hydrogens (tertiary/aromatic N) is 2. The summed E-state index contributed by atoms with van der Waals surface area (Å²) in [6.07, 6.45) is 0. The smallest absolute Gasteiger partial charge is 0.142 e. The Morgan fingerprint density at radius 1 is 1.21 bits per heavy atom. The standard InChI is InChI=1S/C14H14N4O/c15-10-12-2-1-3-14(18-12)17-8-9-19-13-6-4-11(16)5-7-13/h1-7H,8-9,16H2,(H,17,18). The van der Waals surface area contributed by atoms with Crippen LogP contribution in [-0.4, -0.2) is 18.1 Å². The van der Waals surface area contributed by atoms with Gasteiger partial charge in [-0.05, 0) is 36.4 Å². The second-order valence-corrected chi connectivity index (χ2v) is 3.86. The highest BCUT2D eigenvalue weighted by atomic mass is 16.5. The average Bonchev–Trinajstić information content (AvgIpc) is 2.46. The molecular formula is C14H14N4O. The van der Waals surface area contributed by atoms with Crippen molar-refractivity contribution >= 4 is 11.5 Å². The van der Waals surface area contributed by atoms with Crippen LogP contribution in [0.25, 0.3) is 0 Å². The minimum absolute atomic E-state index is 0.393. The van der Waals surface area contributed by atoms with Gasteiger partial charge in [-0.1, -0.05) is 6.07 Å². The number of anilines is 2. The van der Waals surface area contributed by atoms with E-state index in [2.05, 4.69) is 10.3 Å². The molecule has 0 atom stereocenters. The first-order valence-electron chi connectivity index (χ1n) is 5.87. The molecule has 2 rings (SSSR count). The fourth-order valence-corrected chi connectivity index (χ4v) is 1.51. The predicted molar refractivity (Wildman–Crippen MR) is 73.8 cm³/mol. The molecule has 3 N–H and O–H groups in total. The molecule has 0 saturated heterocycles. The fraction of sp³-hybridized carbons (Fsp3) is 0.143. The van der Waals surface area contributed by atoms with Crippen LogP contribution >= 0.6 is 0 Å². The molecule has 96 valence electrons. The third kappa shape index (κ3) is 3.89. The number of hydrogen-bond acceptors (Lipinski definition) is 5. The number of pyridine rings is 1. The molecule has 2 aromatic rings. The number of hydrogen-bond donors (Lipinski definition) is 2. The Morgan fingerprint density at radius 2 is 2.00 bits per heavy atom. The molecule has 0 aliphatic carbocycles. The minimum atomic E-state index is 0.393. The Bertz CT molecular complexity index is 575. The highest BCUT2D eigenvalue weighted by Crippen LogP contribution is 2.12. The normalized spacial score (nSPS) is 9.63. The highest BCUT2D eigenvalue weighted by molar-refractivity contribution is 5.41. The highest BCUT2D eigenvalue weighted by Gasteiger charge is 1.97. The number of nitriles is 1. The van der Waals surface area contributed by atoms with Gasteiger partial charge in [0.05, 0.1) is 6.54 Å². The van der Waals surface area contributed by atoms with E-state index in [1.54, 1.807) is 24.3 Å². The largest absolute Gasteiger partial charge is 0.492 e. The van der Waals surface area contributed by atoms with Crippen molar-refractivity contribution in [2.45, 2.75) is 0 Å². The molecule has 0 fully saturated rings. The maximum absolute atomic E-state index is 8.73. The zero-order chi connectivity index (χ0) is 13.5. The summed E-state index contributed by atoms with van der Waals surface area (Å²) in [5.41, 5.74) is 6.69. The Hall–Kier alpha value is -2.74. The van der Waals surface area contributed by atoms with Crippen molar-refractivity contribution < 1.29 is 4.74 Å². The van der Waals surface area contributed by atoms with Crippen molar-refractivity contribution in [3.8, 4) is 11.8 Å². The van der Waals surface area contributed by atoms with Crippen LogP contribution in [0.2, 0.25) is 0 Å². The first kappa shape index (κ1) is 12.7. The average molecular weight is 254 g/mol. The molecule has 5 nitrogen and oxygen atoms in total. The molecule has 0 aliphatic rings. The summed E-state index contributed by atoms with van der Waals surface area (Å²) in [4.78, 5) is 4.10. The lowest BCUT2D eigenvalue weighted by Gasteiger charge is -2.08. The van der Waals surface area contributed by atoms with Gasteiger partial charge < -0.3 is 15.8 Å². The summed E-state index contributed by atoms with van der Waals surface area (Å²) >= 11 is 0. The lowest BCUT2D eigenvalue weighted by atomic mass is 10.3. The van der Waals surface area contributed by atoms with Crippen molar-refractivity contribution in [3.05, 3.63) is 48.2 Å². The predicted octanol–water partition coefficient (Wildman–Crippen LogP) is 2.03. The monoisotopic (exact) mass is 254 g/mol. The van der Waals surface area contributed by atoms with E-state index in [1.807, 2.05) is 24.3 Å². The lowest BCUT2D eigenvalue weighted by molar-refractivity contribution is 0.333. The maximum atomic E-state index is 8.73. The third-order valence-electron chi connectivity index (χ3n) is 2.42. The van der Waals surface area contributed by atoms with Crippen LogP contribution < -0.4 is 15.8 Å². The van der Waals surface area contributed by atoms with E-state index in [4.69, 9.17) is 15.7 Å². The van der Waals surface area contributed by atoms with Crippen molar-refractivity contribution in [2.24, 2.45) is 0 Å². The van der Waals surface area contributed by atoms with Gasteiger partial charge in [0.25, 0.3) is 0 Å². The molecule has 0 amide bonds. The number of aromatic nitrogens is 1. The van der Waals surface area contributed by atoms with Gasteiger partial charge >= 0.3 is 0 Å². The minimum Gasteiger partial charge on any atom is -0.492 e. The van der Waals surface area contributed by atoms with Gasteiger partial charge in [-0.2, -0.15) is 5.26 Å². The van der Waals surface area contributed by atoms with Gasteiger partial charge in [0.15, 0.2) is 0 Å². The van der Waals surface area contributed by atoms with Crippen LogP contribution in [0.1, 0.15) is 5.69 Å². The van der Waals surface area contributed by atoms with E-state index in [1.165, 1.54) is 0 Å². The molecule has 19 heavy (non-hydrogen) atoms. The number of nitrogens with two attached hydrogens (primary N) is 1. The van der Waals surface area contributed by atoms with Crippen LogP contribution in [0.3, 0.4) is 0 Å². The van der Waals surface area contributed by atoms with E-state index in [-0.39, 0.29) is 0 Å². The van der Waals surface area contributed by atoms with Crippen molar-refractivity contribution in [2.75, 3.05) is 24.2 Å². The summed E-state index contributed by atoms with van der Waals surface area (Å²) < 4.78 is 5.53. The summed E-state index contributed by atoms with van der Waals surface area (Å²) in [5.74, 6) is 1.44.